The molecule has 22 heavy (non-hydrogen) atoms. The minimum Gasteiger partial charge on any atom is -0.371 e. The zero-order valence-electron chi connectivity index (χ0n) is 12.8. The number of nitrogens with one attached hydrogen (secondary N) is 1. The molecule has 5 nitrogen and oxygen atoms in total. The number of carbonyl (C=O) groups is 1. The number of ether oxygens (including phenoxy) is 1. The fourth-order valence-electron chi connectivity index (χ4n) is 2.59. The average molecular weight is 300 g/mol. The third kappa shape index (κ3) is 3.04. The van der Waals surface area contributed by atoms with Gasteiger partial charge in [0.25, 0.3) is 5.91 Å². The molecule has 1 aromatic carbocycles. The standard InChI is InChI=1S/C17H20N2O3/c1-11(2)14-9-15(22-19-14)17(20)18-10-16-13-6-4-3-5-12(13)7-8-21-16/h3-6,9,11,16H,7-8,10H2,1-2H3,(H,18,20). The Morgan fingerprint density at radius 1 is 1.41 bits per heavy atom. The normalized spacial score (nSPS) is 17.3. The second-order valence-electron chi connectivity index (χ2n) is 5.79. The van der Waals surface area contributed by atoms with E-state index in [2.05, 4.69) is 22.6 Å². The van der Waals surface area contributed by atoms with Gasteiger partial charge in [-0.2, -0.15) is 0 Å². The molecule has 5 heteroatoms. The Balaban J connectivity index is 1.64. The van der Waals surface area contributed by atoms with Gasteiger partial charge in [-0.1, -0.05) is 43.3 Å². The lowest BCUT2D eigenvalue weighted by Gasteiger charge is -2.26. The molecule has 0 radical (unpaired) electrons. The highest BCUT2D eigenvalue weighted by atomic mass is 16.5. The van der Waals surface area contributed by atoms with Crippen molar-refractivity contribution in [1.29, 1.82) is 0 Å². The van der Waals surface area contributed by atoms with Crippen molar-refractivity contribution in [1.82, 2.24) is 10.5 Å². The van der Waals surface area contributed by atoms with E-state index in [4.69, 9.17) is 9.26 Å². The van der Waals surface area contributed by atoms with Crippen LogP contribution in [-0.4, -0.2) is 24.2 Å². The summed E-state index contributed by atoms with van der Waals surface area (Å²) in [7, 11) is 0. The van der Waals surface area contributed by atoms with Crippen LogP contribution in [0.15, 0.2) is 34.9 Å². The quantitative estimate of drug-likeness (QED) is 0.943. The topological polar surface area (TPSA) is 64.4 Å². The summed E-state index contributed by atoms with van der Waals surface area (Å²) < 4.78 is 10.9. The molecule has 1 aliphatic rings. The van der Waals surface area contributed by atoms with E-state index >= 15 is 0 Å². The Morgan fingerprint density at radius 3 is 3.00 bits per heavy atom. The molecule has 0 bridgehead atoms. The molecular weight excluding hydrogens is 280 g/mol. The minimum absolute atomic E-state index is 0.110. The maximum absolute atomic E-state index is 12.1. The molecule has 0 spiro atoms. The molecule has 1 aliphatic heterocycles. The van der Waals surface area contributed by atoms with Gasteiger partial charge in [-0.25, -0.2) is 0 Å². The van der Waals surface area contributed by atoms with E-state index in [-0.39, 0.29) is 23.7 Å². The van der Waals surface area contributed by atoms with E-state index in [9.17, 15) is 4.79 Å². The maximum atomic E-state index is 12.1. The van der Waals surface area contributed by atoms with Crippen molar-refractivity contribution in [2.24, 2.45) is 0 Å². The number of aromatic nitrogens is 1. The minimum atomic E-state index is -0.258. The summed E-state index contributed by atoms with van der Waals surface area (Å²) in [6.07, 6.45) is 0.807. The predicted molar refractivity (Wildman–Crippen MR) is 81.8 cm³/mol. The summed E-state index contributed by atoms with van der Waals surface area (Å²) in [5, 5.41) is 6.76. The molecule has 0 saturated carbocycles. The van der Waals surface area contributed by atoms with Crippen LogP contribution in [-0.2, 0) is 11.2 Å². The van der Waals surface area contributed by atoms with E-state index in [1.165, 1.54) is 5.56 Å². The third-order valence-electron chi connectivity index (χ3n) is 3.88. The molecule has 1 aromatic heterocycles. The smallest absolute Gasteiger partial charge is 0.290 e. The Morgan fingerprint density at radius 2 is 2.23 bits per heavy atom. The lowest BCUT2D eigenvalue weighted by Crippen LogP contribution is -2.31. The molecule has 2 heterocycles. The highest BCUT2D eigenvalue weighted by Gasteiger charge is 2.22. The van der Waals surface area contributed by atoms with Gasteiger partial charge in [0.15, 0.2) is 0 Å². The number of amides is 1. The first-order valence-electron chi connectivity index (χ1n) is 7.59. The van der Waals surface area contributed by atoms with Crippen LogP contribution in [0.3, 0.4) is 0 Å². The summed E-state index contributed by atoms with van der Waals surface area (Å²) in [6, 6.07) is 9.87. The zero-order chi connectivity index (χ0) is 15.5. The fraction of sp³-hybridized carbons (Fsp3) is 0.412. The van der Waals surface area contributed by atoms with Crippen molar-refractivity contribution in [2.45, 2.75) is 32.3 Å². The predicted octanol–water partition coefficient (Wildman–Crippen LogP) is 2.84. The maximum Gasteiger partial charge on any atom is 0.290 e. The number of hydrogen-bond donors (Lipinski definition) is 1. The van der Waals surface area contributed by atoms with E-state index < -0.39 is 0 Å². The first kappa shape index (κ1) is 14.8. The van der Waals surface area contributed by atoms with Crippen molar-refractivity contribution < 1.29 is 14.1 Å². The van der Waals surface area contributed by atoms with Crippen molar-refractivity contribution in [3.8, 4) is 0 Å². The van der Waals surface area contributed by atoms with E-state index in [1.807, 2.05) is 26.0 Å². The third-order valence-corrected chi connectivity index (χ3v) is 3.88. The molecule has 1 unspecified atom stereocenters. The van der Waals surface area contributed by atoms with Crippen LogP contribution in [0.5, 0.6) is 0 Å². The van der Waals surface area contributed by atoms with Crippen molar-refractivity contribution >= 4 is 5.91 Å². The van der Waals surface area contributed by atoms with Gasteiger partial charge in [-0.15, -0.1) is 0 Å². The highest BCUT2D eigenvalue weighted by molar-refractivity contribution is 5.91. The zero-order valence-corrected chi connectivity index (χ0v) is 12.8. The van der Waals surface area contributed by atoms with Gasteiger partial charge in [0.2, 0.25) is 5.76 Å². The molecular formula is C17H20N2O3. The molecule has 1 amide bonds. The van der Waals surface area contributed by atoms with Gasteiger partial charge in [0, 0.05) is 12.6 Å². The Hall–Kier alpha value is -2.14. The first-order chi connectivity index (χ1) is 10.6. The van der Waals surface area contributed by atoms with Crippen LogP contribution in [0.2, 0.25) is 0 Å². The average Bonchev–Trinajstić information content (AvgIpc) is 3.03. The Labute approximate surface area is 129 Å². The number of hydrogen-bond acceptors (Lipinski definition) is 4. The van der Waals surface area contributed by atoms with Crippen molar-refractivity contribution in [2.75, 3.05) is 13.2 Å². The van der Waals surface area contributed by atoms with Crippen LogP contribution in [0.25, 0.3) is 0 Å². The first-order valence-corrected chi connectivity index (χ1v) is 7.59. The van der Waals surface area contributed by atoms with Gasteiger partial charge < -0.3 is 14.6 Å². The molecule has 0 saturated heterocycles. The van der Waals surface area contributed by atoms with Gasteiger partial charge in [-0.3, -0.25) is 4.79 Å². The Kier molecular flexibility index (Phi) is 4.24. The number of carbonyl (C=O) groups excluding carboxylic acids is 1. The van der Waals surface area contributed by atoms with Gasteiger partial charge in [0.05, 0.1) is 12.3 Å². The van der Waals surface area contributed by atoms with Gasteiger partial charge >= 0.3 is 0 Å². The van der Waals surface area contributed by atoms with Crippen molar-refractivity contribution in [3.05, 3.63) is 52.9 Å². The number of benzene rings is 1. The Bertz CT molecular complexity index is 663. The monoisotopic (exact) mass is 300 g/mol. The molecule has 3 rings (SSSR count). The van der Waals surface area contributed by atoms with E-state index in [1.54, 1.807) is 6.07 Å². The highest BCUT2D eigenvalue weighted by Crippen LogP contribution is 2.26. The van der Waals surface area contributed by atoms with Crippen LogP contribution in [0, 0.1) is 0 Å². The van der Waals surface area contributed by atoms with Crippen LogP contribution in [0.4, 0.5) is 0 Å². The summed E-state index contributed by atoms with van der Waals surface area (Å²) >= 11 is 0. The largest absolute Gasteiger partial charge is 0.371 e. The lowest BCUT2D eigenvalue weighted by atomic mass is 9.97. The SMILES string of the molecule is CC(C)c1cc(C(=O)NCC2OCCc3ccccc32)on1. The molecule has 0 aliphatic carbocycles. The van der Waals surface area contributed by atoms with Crippen molar-refractivity contribution in [3.63, 3.8) is 0 Å². The number of rotatable bonds is 4. The van der Waals surface area contributed by atoms with E-state index in [0.29, 0.717) is 13.2 Å². The second kappa shape index (κ2) is 6.32. The van der Waals surface area contributed by atoms with Gasteiger partial charge in [-0.05, 0) is 23.5 Å². The molecule has 0 fully saturated rings. The fourth-order valence-corrected chi connectivity index (χ4v) is 2.59. The van der Waals surface area contributed by atoms with Crippen LogP contribution >= 0.6 is 0 Å². The molecule has 1 atom stereocenters. The molecule has 1 N–H and O–H groups in total. The summed E-state index contributed by atoms with van der Waals surface area (Å²) in [5.74, 6) is 0.220. The molecule has 2 aromatic rings. The van der Waals surface area contributed by atoms with Crippen LogP contribution in [0.1, 0.15) is 53.2 Å². The number of fused-ring (bicyclic) bond motifs is 1. The summed E-state index contributed by atoms with van der Waals surface area (Å²) in [6.45, 7) is 5.11. The second-order valence-corrected chi connectivity index (χ2v) is 5.79. The van der Waals surface area contributed by atoms with E-state index in [0.717, 1.165) is 17.7 Å². The van der Waals surface area contributed by atoms with Crippen LogP contribution < -0.4 is 5.32 Å². The lowest BCUT2D eigenvalue weighted by molar-refractivity contribution is 0.0406. The van der Waals surface area contributed by atoms with Gasteiger partial charge in [0.1, 0.15) is 6.10 Å². The molecule has 116 valence electrons. The summed E-state index contributed by atoms with van der Waals surface area (Å²) in [4.78, 5) is 12.1. The summed E-state index contributed by atoms with van der Waals surface area (Å²) in [5.41, 5.74) is 3.22. The number of nitrogens with zero attached hydrogens (tertiary/aromatic N) is 1.